The molecule has 1 aromatic rings. The number of hydrogen-bond acceptors (Lipinski definition) is 6. The smallest absolute Gasteiger partial charge is 0.261 e. The van der Waals surface area contributed by atoms with Crippen molar-refractivity contribution in [2.24, 2.45) is 11.6 Å². The zero-order chi connectivity index (χ0) is 16.4. The van der Waals surface area contributed by atoms with Crippen molar-refractivity contribution in [3.05, 3.63) is 54.6 Å². The Kier molecular flexibility index (Phi) is 6.93. The van der Waals surface area contributed by atoms with Gasteiger partial charge in [0.05, 0.1) is 4.90 Å². The van der Waals surface area contributed by atoms with Crippen molar-refractivity contribution in [3.63, 3.8) is 0 Å². The molecule has 9 heteroatoms. The van der Waals surface area contributed by atoms with E-state index in [4.69, 9.17) is 11.6 Å². The molecule has 8 nitrogen and oxygen atoms in total. The van der Waals surface area contributed by atoms with E-state index < -0.39 is 10.0 Å². The molecule has 0 atom stereocenters. The van der Waals surface area contributed by atoms with Crippen molar-refractivity contribution >= 4 is 15.9 Å². The molecule has 7 N–H and O–H groups in total. The van der Waals surface area contributed by atoms with Gasteiger partial charge in [0.15, 0.2) is 0 Å². The van der Waals surface area contributed by atoms with Gasteiger partial charge in [-0.1, -0.05) is 18.2 Å². The molecule has 1 rings (SSSR count). The van der Waals surface area contributed by atoms with E-state index in [-0.39, 0.29) is 17.2 Å². The highest BCUT2D eigenvalue weighted by atomic mass is 32.2. The maximum Gasteiger partial charge on any atom is 0.261 e. The third-order valence-electron chi connectivity index (χ3n) is 2.51. The Morgan fingerprint density at radius 1 is 1.14 bits per heavy atom. The molecule has 0 aromatic heterocycles. The van der Waals surface area contributed by atoms with Crippen molar-refractivity contribution in [1.82, 2.24) is 15.5 Å². The fraction of sp³-hybridized carbons (Fsp3) is 0.154. The first-order valence-electron chi connectivity index (χ1n) is 6.38. The van der Waals surface area contributed by atoms with Crippen molar-refractivity contribution in [1.29, 1.82) is 0 Å². The van der Waals surface area contributed by atoms with E-state index in [9.17, 15) is 13.2 Å². The molecule has 0 saturated carbocycles. The number of nitrogens with one attached hydrogen (secondary N) is 3. The molecule has 120 valence electrons. The number of rotatable bonds is 8. The molecular formula is C13H19N5O3S. The van der Waals surface area contributed by atoms with Crippen molar-refractivity contribution in [2.75, 3.05) is 0 Å². The molecule has 0 bridgehead atoms. The number of carbonyl (C=O) groups is 1. The van der Waals surface area contributed by atoms with E-state index >= 15 is 0 Å². The Labute approximate surface area is 129 Å². The number of sulfonamides is 1. The summed E-state index contributed by atoms with van der Waals surface area (Å²) in [6.07, 6.45) is 4.22. The first kappa shape index (κ1) is 17.5. The highest BCUT2D eigenvalue weighted by Gasteiger charge is 2.10. The monoisotopic (exact) mass is 325 g/mol. The highest BCUT2D eigenvalue weighted by molar-refractivity contribution is 7.89. The number of allylic oxidation sites excluding steroid dienone is 1. The van der Waals surface area contributed by atoms with Crippen LogP contribution in [0.15, 0.2) is 59.5 Å². The summed E-state index contributed by atoms with van der Waals surface area (Å²) < 4.78 is 25.9. The lowest BCUT2D eigenvalue weighted by Gasteiger charge is -2.04. The molecule has 22 heavy (non-hydrogen) atoms. The van der Waals surface area contributed by atoms with E-state index in [1.165, 1.54) is 24.5 Å². The predicted octanol–water partition coefficient (Wildman–Crippen LogP) is -0.404. The molecular weight excluding hydrogens is 306 g/mol. The van der Waals surface area contributed by atoms with Crippen LogP contribution in [0.1, 0.15) is 12.8 Å². The Hall–Kier alpha value is -2.52. The third-order valence-corrected chi connectivity index (χ3v) is 3.85. The Bertz CT molecular complexity index is 641. The fourth-order valence-electron chi connectivity index (χ4n) is 1.44. The Balaban J connectivity index is 2.41. The van der Waals surface area contributed by atoms with Gasteiger partial charge in [-0.25, -0.2) is 8.42 Å². The maximum absolute atomic E-state index is 11.8. The second-order valence-electron chi connectivity index (χ2n) is 4.22. The van der Waals surface area contributed by atoms with E-state index in [0.717, 1.165) is 6.20 Å². The molecule has 0 heterocycles. The lowest BCUT2D eigenvalue weighted by molar-refractivity contribution is -0.120. The molecule has 1 aromatic carbocycles. The summed E-state index contributed by atoms with van der Waals surface area (Å²) in [6.45, 7) is 0. The number of carbonyl (C=O) groups excluding carboxylic acids is 1. The summed E-state index contributed by atoms with van der Waals surface area (Å²) in [5.74, 6) is 4.74. The number of hydrogen-bond donors (Lipinski definition) is 5. The topological polar surface area (TPSA) is 139 Å². The highest BCUT2D eigenvalue weighted by Crippen LogP contribution is 2.06. The summed E-state index contributed by atoms with van der Waals surface area (Å²) in [6, 6.07) is 7.89. The van der Waals surface area contributed by atoms with Crippen LogP contribution in [0.4, 0.5) is 0 Å². The summed E-state index contributed by atoms with van der Waals surface area (Å²) >= 11 is 0. The van der Waals surface area contributed by atoms with Crippen LogP contribution in [0.2, 0.25) is 0 Å². The van der Waals surface area contributed by atoms with Gasteiger partial charge < -0.3 is 16.5 Å². The second-order valence-corrected chi connectivity index (χ2v) is 5.94. The van der Waals surface area contributed by atoms with Crippen LogP contribution in [-0.2, 0) is 14.8 Å². The normalized spacial score (nSPS) is 12.1. The molecule has 0 saturated heterocycles. The lowest BCUT2D eigenvalue weighted by atomic mass is 10.2. The molecule has 0 spiro atoms. The molecule has 1 amide bonds. The number of nitrogens with two attached hydrogens (primary N) is 2. The van der Waals surface area contributed by atoms with Crippen LogP contribution >= 0.6 is 0 Å². The minimum atomic E-state index is -3.63. The van der Waals surface area contributed by atoms with E-state index in [1.54, 1.807) is 18.2 Å². The standard InChI is InChI=1S/C13H19N5O3S/c14-11(10-17-15)6-7-13(19)16-8-9-18-22(20,21)12-4-2-1-3-5-12/h1-5,8-10,17-18H,6-7,14-15H2,(H,16,19)/b9-8-,11-10-. The summed E-state index contributed by atoms with van der Waals surface area (Å²) in [5.41, 5.74) is 8.24. The largest absolute Gasteiger partial charge is 0.401 e. The van der Waals surface area contributed by atoms with Gasteiger partial charge in [-0.05, 0) is 18.6 Å². The molecule has 0 aliphatic rings. The molecule has 0 unspecified atom stereocenters. The average molecular weight is 325 g/mol. The van der Waals surface area contributed by atoms with Crippen molar-refractivity contribution in [2.45, 2.75) is 17.7 Å². The van der Waals surface area contributed by atoms with E-state index in [0.29, 0.717) is 12.1 Å². The van der Waals surface area contributed by atoms with Gasteiger partial charge in [0.25, 0.3) is 10.0 Å². The summed E-state index contributed by atoms with van der Waals surface area (Å²) in [7, 11) is -3.63. The summed E-state index contributed by atoms with van der Waals surface area (Å²) in [5, 5.41) is 2.42. The first-order valence-corrected chi connectivity index (χ1v) is 7.86. The van der Waals surface area contributed by atoms with Gasteiger partial charge in [-0.2, -0.15) is 0 Å². The third kappa shape index (κ3) is 6.29. The molecule has 0 fully saturated rings. The molecule has 0 radical (unpaired) electrons. The van der Waals surface area contributed by atoms with Gasteiger partial charge in [0.2, 0.25) is 5.91 Å². The van der Waals surface area contributed by atoms with Crippen LogP contribution in [0, 0.1) is 0 Å². The van der Waals surface area contributed by atoms with Crippen molar-refractivity contribution < 1.29 is 13.2 Å². The zero-order valence-corrected chi connectivity index (χ0v) is 12.6. The quantitative estimate of drug-likeness (QED) is 0.325. The van der Waals surface area contributed by atoms with Gasteiger partial charge in [0.1, 0.15) is 0 Å². The van der Waals surface area contributed by atoms with Crippen LogP contribution in [0.3, 0.4) is 0 Å². The Morgan fingerprint density at radius 2 is 1.82 bits per heavy atom. The van der Waals surface area contributed by atoms with Crippen LogP contribution in [-0.4, -0.2) is 14.3 Å². The van der Waals surface area contributed by atoms with Gasteiger partial charge in [-0.3, -0.25) is 15.4 Å². The van der Waals surface area contributed by atoms with Gasteiger partial charge in [-0.15, -0.1) is 0 Å². The van der Waals surface area contributed by atoms with E-state index in [2.05, 4.69) is 15.5 Å². The predicted molar refractivity (Wildman–Crippen MR) is 82.9 cm³/mol. The number of benzene rings is 1. The molecule has 0 aliphatic carbocycles. The fourth-order valence-corrected chi connectivity index (χ4v) is 2.33. The number of hydrazine groups is 1. The lowest BCUT2D eigenvalue weighted by Crippen LogP contribution is -2.22. The molecule has 0 aliphatic heterocycles. The van der Waals surface area contributed by atoms with Gasteiger partial charge >= 0.3 is 0 Å². The minimum absolute atomic E-state index is 0.137. The Morgan fingerprint density at radius 3 is 2.45 bits per heavy atom. The van der Waals surface area contributed by atoms with E-state index in [1.807, 2.05) is 0 Å². The minimum Gasteiger partial charge on any atom is -0.401 e. The van der Waals surface area contributed by atoms with Gasteiger partial charge in [0, 0.05) is 30.7 Å². The number of amides is 1. The zero-order valence-electron chi connectivity index (χ0n) is 11.8. The summed E-state index contributed by atoms with van der Waals surface area (Å²) in [4.78, 5) is 11.6. The van der Waals surface area contributed by atoms with Crippen LogP contribution in [0.5, 0.6) is 0 Å². The van der Waals surface area contributed by atoms with Crippen molar-refractivity contribution in [3.8, 4) is 0 Å². The SMILES string of the molecule is NN/C=C(\N)CCC(=O)N/C=C\NS(=O)(=O)c1ccccc1. The first-order chi connectivity index (χ1) is 10.5. The van der Waals surface area contributed by atoms with Crippen LogP contribution < -0.4 is 27.0 Å². The average Bonchev–Trinajstić information content (AvgIpc) is 2.51. The van der Waals surface area contributed by atoms with Crippen LogP contribution in [0.25, 0.3) is 0 Å². The second kappa shape index (κ2) is 8.70. The maximum atomic E-state index is 11.8.